The number of nitrogens with zero attached hydrogens (tertiary/aromatic N) is 1. The third kappa shape index (κ3) is 3.78. The van der Waals surface area contributed by atoms with Crippen LogP contribution in [0.25, 0.3) is 0 Å². The number of alkyl halides is 1. The number of carbonyl (C=O) groups is 1. The first-order chi connectivity index (χ1) is 10.3. The third-order valence-corrected chi connectivity index (χ3v) is 5.64. The van der Waals surface area contributed by atoms with Crippen molar-refractivity contribution in [3.63, 3.8) is 0 Å². The number of morpholine rings is 1. The Morgan fingerprint density at radius 2 is 2.00 bits per heavy atom. The molecule has 1 heterocycles. The zero-order chi connectivity index (χ0) is 16.3. The van der Waals surface area contributed by atoms with Crippen molar-refractivity contribution in [3.05, 3.63) is 23.8 Å². The summed E-state index contributed by atoms with van der Waals surface area (Å²) in [4.78, 5) is 11.8. The molecule has 0 radical (unpaired) electrons. The Bertz CT molecular complexity index is 655. The lowest BCUT2D eigenvalue weighted by atomic mass is 10.2. The van der Waals surface area contributed by atoms with Gasteiger partial charge in [0.2, 0.25) is 15.9 Å². The minimum atomic E-state index is -3.60. The van der Waals surface area contributed by atoms with Crippen LogP contribution in [0.2, 0.25) is 0 Å². The number of aryl methyl sites for hydroxylation is 1. The first kappa shape index (κ1) is 17.2. The molecule has 1 N–H and O–H groups in total. The van der Waals surface area contributed by atoms with Gasteiger partial charge in [0.15, 0.2) is 0 Å². The molecule has 22 heavy (non-hydrogen) atoms. The summed E-state index contributed by atoms with van der Waals surface area (Å²) in [7, 11) is -3.60. The van der Waals surface area contributed by atoms with Gasteiger partial charge in [-0.05, 0) is 31.5 Å². The maximum absolute atomic E-state index is 12.7. The smallest absolute Gasteiger partial charge is 0.243 e. The molecule has 2 rings (SSSR count). The molecule has 0 aliphatic carbocycles. The predicted molar refractivity (Wildman–Crippen MR) is 84.7 cm³/mol. The maximum Gasteiger partial charge on any atom is 0.243 e. The highest BCUT2D eigenvalue weighted by molar-refractivity contribution is 7.89. The quantitative estimate of drug-likeness (QED) is 0.840. The van der Waals surface area contributed by atoms with Crippen molar-refractivity contribution in [2.45, 2.75) is 24.1 Å². The van der Waals surface area contributed by atoms with E-state index in [4.69, 9.17) is 16.3 Å². The van der Waals surface area contributed by atoms with E-state index >= 15 is 0 Å². The van der Waals surface area contributed by atoms with Crippen LogP contribution in [0.4, 0.5) is 5.69 Å². The number of hydrogen-bond donors (Lipinski definition) is 1. The van der Waals surface area contributed by atoms with Crippen molar-refractivity contribution >= 4 is 33.2 Å². The summed E-state index contributed by atoms with van der Waals surface area (Å²) in [6, 6.07) is 4.80. The second-order valence-corrected chi connectivity index (χ2v) is 7.66. The van der Waals surface area contributed by atoms with Crippen LogP contribution in [-0.2, 0) is 19.6 Å². The molecule has 1 aromatic rings. The molecule has 0 unspecified atom stereocenters. The molecule has 1 fully saturated rings. The number of rotatable bonds is 4. The van der Waals surface area contributed by atoms with E-state index in [-0.39, 0.29) is 10.8 Å². The Hall–Kier alpha value is -1.15. The van der Waals surface area contributed by atoms with Crippen molar-refractivity contribution < 1.29 is 17.9 Å². The molecule has 122 valence electrons. The number of halogens is 1. The lowest BCUT2D eigenvalue weighted by Crippen LogP contribution is -2.40. The van der Waals surface area contributed by atoms with Gasteiger partial charge in [0.25, 0.3) is 0 Å². The normalized spacial score (nSPS) is 18.0. The molecule has 0 saturated carbocycles. The van der Waals surface area contributed by atoms with Gasteiger partial charge in [0.05, 0.1) is 18.1 Å². The van der Waals surface area contributed by atoms with Crippen LogP contribution in [0.1, 0.15) is 12.5 Å². The molecule has 6 nitrogen and oxygen atoms in total. The van der Waals surface area contributed by atoms with Crippen molar-refractivity contribution in [2.75, 3.05) is 31.6 Å². The summed E-state index contributed by atoms with van der Waals surface area (Å²) < 4.78 is 32.0. The lowest BCUT2D eigenvalue weighted by Gasteiger charge is -2.26. The highest BCUT2D eigenvalue weighted by Crippen LogP contribution is 2.24. The number of amides is 1. The van der Waals surface area contributed by atoms with Gasteiger partial charge in [-0.3, -0.25) is 4.79 Å². The van der Waals surface area contributed by atoms with Gasteiger partial charge >= 0.3 is 0 Å². The molecule has 8 heteroatoms. The Balaban J connectivity index is 2.31. The van der Waals surface area contributed by atoms with E-state index in [1.54, 1.807) is 26.0 Å². The van der Waals surface area contributed by atoms with Crippen LogP contribution in [0, 0.1) is 6.92 Å². The molecule has 1 aliphatic heterocycles. The standard InChI is InChI=1S/C14H19ClN2O4S/c1-10-3-4-12(16-14(18)11(2)15)9-13(10)22(19,20)17-5-7-21-8-6-17/h3-4,9,11H,5-8H2,1-2H3,(H,16,18)/t11-/m1/s1. The number of hydrogen-bond acceptors (Lipinski definition) is 4. The summed E-state index contributed by atoms with van der Waals surface area (Å²) in [5.74, 6) is -0.375. The van der Waals surface area contributed by atoms with Gasteiger partial charge in [-0.1, -0.05) is 6.07 Å². The van der Waals surface area contributed by atoms with Crippen LogP contribution >= 0.6 is 11.6 Å². The monoisotopic (exact) mass is 346 g/mol. The van der Waals surface area contributed by atoms with Crippen molar-refractivity contribution in [2.24, 2.45) is 0 Å². The molecule has 0 bridgehead atoms. The lowest BCUT2D eigenvalue weighted by molar-refractivity contribution is -0.115. The molecule has 0 spiro atoms. The second kappa shape index (κ2) is 6.95. The second-order valence-electron chi connectivity index (χ2n) is 5.10. The van der Waals surface area contributed by atoms with Gasteiger partial charge in [-0.15, -0.1) is 11.6 Å². The minimum Gasteiger partial charge on any atom is -0.379 e. The molecular formula is C14H19ClN2O4S. The van der Waals surface area contributed by atoms with Crippen molar-refractivity contribution in [1.82, 2.24) is 4.31 Å². The molecular weight excluding hydrogens is 328 g/mol. The molecule has 0 aromatic heterocycles. The summed E-state index contributed by atoms with van der Waals surface area (Å²) in [5.41, 5.74) is 1.04. The van der Waals surface area contributed by atoms with Crippen molar-refractivity contribution in [1.29, 1.82) is 0 Å². The van der Waals surface area contributed by atoms with Crippen LogP contribution in [0.15, 0.2) is 23.1 Å². The van der Waals surface area contributed by atoms with Crippen LogP contribution in [0.3, 0.4) is 0 Å². The fourth-order valence-electron chi connectivity index (χ4n) is 2.12. The van der Waals surface area contributed by atoms with E-state index in [2.05, 4.69) is 5.32 Å². The van der Waals surface area contributed by atoms with Gasteiger partial charge < -0.3 is 10.1 Å². The number of nitrogens with one attached hydrogen (secondary N) is 1. The number of benzene rings is 1. The van der Waals surface area contributed by atoms with Crippen molar-refractivity contribution in [3.8, 4) is 0 Å². The van der Waals surface area contributed by atoms with Crippen LogP contribution in [0.5, 0.6) is 0 Å². The largest absolute Gasteiger partial charge is 0.379 e. The number of ether oxygens (including phenoxy) is 1. The summed E-state index contributed by atoms with van der Waals surface area (Å²) in [6.07, 6.45) is 0. The van der Waals surface area contributed by atoms with Crippen LogP contribution in [-0.4, -0.2) is 50.3 Å². The minimum absolute atomic E-state index is 0.189. The third-order valence-electron chi connectivity index (χ3n) is 3.40. The highest BCUT2D eigenvalue weighted by Gasteiger charge is 2.28. The Kier molecular flexibility index (Phi) is 5.44. The Morgan fingerprint density at radius 1 is 1.36 bits per heavy atom. The Labute approximate surface area is 135 Å². The van der Waals surface area contributed by atoms with Gasteiger partial charge in [-0.2, -0.15) is 4.31 Å². The molecule has 1 aromatic carbocycles. The molecule has 1 atom stereocenters. The predicted octanol–water partition coefficient (Wildman–Crippen LogP) is 1.58. The topological polar surface area (TPSA) is 75.7 Å². The summed E-state index contributed by atoms with van der Waals surface area (Å²) in [6.45, 7) is 4.71. The first-order valence-corrected chi connectivity index (χ1v) is 8.83. The highest BCUT2D eigenvalue weighted by atomic mass is 35.5. The van der Waals surface area contributed by atoms with Crippen LogP contribution < -0.4 is 5.32 Å². The maximum atomic E-state index is 12.7. The van der Waals surface area contributed by atoms with E-state index < -0.39 is 15.4 Å². The summed E-state index contributed by atoms with van der Waals surface area (Å²) in [5, 5.41) is 1.91. The van der Waals surface area contributed by atoms with E-state index in [0.717, 1.165) is 0 Å². The molecule has 1 saturated heterocycles. The molecule has 1 aliphatic rings. The van der Waals surface area contributed by atoms with Gasteiger partial charge in [0.1, 0.15) is 5.38 Å². The Morgan fingerprint density at radius 3 is 2.59 bits per heavy atom. The first-order valence-electron chi connectivity index (χ1n) is 6.96. The zero-order valence-electron chi connectivity index (χ0n) is 12.5. The fraction of sp³-hybridized carbons (Fsp3) is 0.500. The van der Waals surface area contributed by atoms with Gasteiger partial charge in [-0.25, -0.2) is 8.42 Å². The van der Waals surface area contributed by atoms with E-state index in [1.165, 1.54) is 10.4 Å². The number of sulfonamides is 1. The fourth-order valence-corrected chi connectivity index (χ4v) is 3.84. The van der Waals surface area contributed by atoms with E-state index in [9.17, 15) is 13.2 Å². The number of carbonyl (C=O) groups excluding carboxylic acids is 1. The van der Waals surface area contributed by atoms with E-state index in [0.29, 0.717) is 37.6 Å². The average Bonchev–Trinajstić information content (AvgIpc) is 2.49. The van der Waals surface area contributed by atoms with Gasteiger partial charge in [0, 0.05) is 18.8 Å². The summed E-state index contributed by atoms with van der Waals surface area (Å²) >= 11 is 5.71. The SMILES string of the molecule is Cc1ccc(NC(=O)[C@@H](C)Cl)cc1S(=O)(=O)N1CCOCC1. The zero-order valence-corrected chi connectivity index (χ0v) is 14.1. The van der Waals surface area contributed by atoms with E-state index in [1.807, 2.05) is 0 Å². The molecule has 1 amide bonds. The number of anilines is 1. The average molecular weight is 347 g/mol.